The highest BCUT2D eigenvalue weighted by Crippen LogP contribution is 2.46. The number of hydrogen-bond donors (Lipinski definition) is 2. The average Bonchev–Trinajstić information content (AvgIpc) is 2.31. The second-order valence-electron chi connectivity index (χ2n) is 6.05. The maximum absolute atomic E-state index is 13.4. The number of unbranched alkanes of at least 4 members (excludes halogenated alkanes) is 2. The first-order chi connectivity index (χ1) is 9.59. The van der Waals surface area contributed by atoms with E-state index in [1.165, 1.54) is 26.0 Å². The molecule has 2 N–H and O–H groups in total. The van der Waals surface area contributed by atoms with E-state index in [9.17, 15) is 23.4 Å². The van der Waals surface area contributed by atoms with Crippen molar-refractivity contribution in [1.29, 1.82) is 0 Å². The fraction of sp³-hybridized carbons (Fsp3) is 0.625. The van der Waals surface area contributed by atoms with Crippen molar-refractivity contribution >= 4 is 0 Å². The van der Waals surface area contributed by atoms with Crippen LogP contribution in [0.5, 0.6) is 11.5 Å². The number of alkyl halides is 3. The zero-order valence-electron chi connectivity index (χ0n) is 12.7. The number of aromatic hydroxyl groups is 2. The fourth-order valence-corrected chi connectivity index (χ4v) is 2.70. The molecule has 0 aliphatic heterocycles. The Morgan fingerprint density at radius 3 is 1.95 bits per heavy atom. The van der Waals surface area contributed by atoms with E-state index in [1.54, 1.807) is 0 Å². The monoisotopic (exact) mass is 304 g/mol. The summed E-state index contributed by atoms with van der Waals surface area (Å²) < 4.78 is 40.2. The van der Waals surface area contributed by atoms with Gasteiger partial charge in [-0.15, -0.1) is 0 Å². The van der Waals surface area contributed by atoms with Crippen molar-refractivity contribution in [3.8, 4) is 11.5 Å². The molecule has 0 aliphatic rings. The number of halogens is 3. The van der Waals surface area contributed by atoms with Gasteiger partial charge in [0.25, 0.3) is 0 Å². The molecule has 0 bridgehead atoms. The molecule has 0 spiro atoms. The van der Waals surface area contributed by atoms with Gasteiger partial charge < -0.3 is 10.2 Å². The highest BCUT2D eigenvalue weighted by Gasteiger charge is 2.49. The van der Waals surface area contributed by atoms with Crippen LogP contribution in [0.15, 0.2) is 18.2 Å². The van der Waals surface area contributed by atoms with Crippen LogP contribution >= 0.6 is 0 Å². The summed E-state index contributed by atoms with van der Waals surface area (Å²) in [5, 5.41) is 19.0. The Labute approximate surface area is 123 Å². The van der Waals surface area contributed by atoms with Gasteiger partial charge in [-0.25, -0.2) is 0 Å². The van der Waals surface area contributed by atoms with Crippen LogP contribution in [0.25, 0.3) is 0 Å². The lowest BCUT2D eigenvalue weighted by Gasteiger charge is -2.36. The van der Waals surface area contributed by atoms with Crippen LogP contribution < -0.4 is 0 Å². The van der Waals surface area contributed by atoms with Crippen LogP contribution in [0.4, 0.5) is 13.2 Å². The molecule has 2 nitrogen and oxygen atoms in total. The van der Waals surface area contributed by atoms with Crippen LogP contribution in [0, 0.1) is 5.92 Å². The van der Waals surface area contributed by atoms with Gasteiger partial charge in [0.2, 0.25) is 0 Å². The molecule has 1 atom stereocenters. The lowest BCUT2D eigenvalue weighted by atomic mass is 9.71. The van der Waals surface area contributed by atoms with Gasteiger partial charge in [0, 0.05) is 11.5 Å². The van der Waals surface area contributed by atoms with E-state index in [0.717, 1.165) is 18.9 Å². The second-order valence-corrected chi connectivity index (χ2v) is 6.05. The van der Waals surface area contributed by atoms with Crippen molar-refractivity contribution in [1.82, 2.24) is 0 Å². The van der Waals surface area contributed by atoms with Gasteiger partial charge >= 0.3 is 6.18 Å². The van der Waals surface area contributed by atoms with Gasteiger partial charge in [0.15, 0.2) is 0 Å². The van der Waals surface area contributed by atoms with E-state index in [2.05, 4.69) is 0 Å². The van der Waals surface area contributed by atoms with Gasteiger partial charge in [-0.3, -0.25) is 0 Å². The van der Waals surface area contributed by atoms with Crippen LogP contribution in [-0.2, 0) is 5.41 Å². The van der Waals surface area contributed by atoms with E-state index in [0.29, 0.717) is 12.0 Å². The smallest absolute Gasteiger partial charge is 0.392 e. The Bertz CT molecular complexity index is 447. The van der Waals surface area contributed by atoms with Crippen molar-refractivity contribution in [2.45, 2.75) is 58.0 Å². The fourth-order valence-electron chi connectivity index (χ4n) is 2.70. The molecule has 21 heavy (non-hydrogen) atoms. The Hall–Kier alpha value is -1.39. The zero-order valence-corrected chi connectivity index (χ0v) is 12.7. The molecule has 120 valence electrons. The maximum atomic E-state index is 13.4. The highest BCUT2D eigenvalue weighted by atomic mass is 19.4. The summed E-state index contributed by atoms with van der Waals surface area (Å²) >= 11 is 0. The van der Waals surface area contributed by atoms with Crippen molar-refractivity contribution in [2.24, 2.45) is 5.92 Å². The molecule has 0 radical (unpaired) electrons. The molecule has 0 saturated carbocycles. The largest absolute Gasteiger partial charge is 0.508 e. The van der Waals surface area contributed by atoms with Crippen molar-refractivity contribution in [2.75, 3.05) is 0 Å². The summed E-state index contributed by atoms with van der Waals surface area (Å²) in [5.41, 5.74) is -0.929. The van der Waals surface area contributed by atoms with E-state index in [1.807, 2.05) is 6.92 Å². The molecule has 0 aliphatic carbocycles. The van der Waals surface area contributed by atoms with Gasteiger partial charge in [0.05, 0.1) is 5.92 Å². The normalized spacial score (nSPS) is 14.2. The van der Waals surface area contributed by atoms with Crippen molar-refractivity contribution in [3.63, 3.8) is 0 Å². The van der Waals surface area contributed by atoms with Gasteiger partial charge in [-0.05, 0) is 24.1 Å². The quantitative estimate of drug-likeness (QED) is 0.715. The third kappa shape index (κ3) is 4.55. The lowest BCUT2D eigenvalue weighted by molar-refractivity contribution is -0.193. The molecule has 1 aromatic carbocycles. The van der Waals surface area contributed by atoms with Crippen LogP contribution in [-0.4, -0.2) is 16.4 Å². The first kappa shape index (κ1) is 17.7. The standard InChI is InChI=1S/C16H23F3O2/c1-4-5-6-7-14(16(17,18)19)15(2,3)11-8-12(20)10-13(21)9-11/h8-10,14,20-21H,4-7H2,1-3H3. The first-order valence-corrected chi connectivity index (χ1v) is 7.19. The first-order valence-electron chi connectivity index (χ1n) is 7.19. The molecule has 1 aromatic rings. The number of hydrogen-bond acceptors (Lipinski definition) is 2. The Balaban J connectivity index is 3.13. The minimum absolute atomic E-state index is 0.0424. The number of phenols is 2. The van der Waals surface area contributed by atoms with E-state index < -0.39 is 17.5 Å². The molecular weight excluding hydrogens is 281 g/mol. The third-order valence-corrected chi connectivity index (χ3v) is 4.01. The molecule has 1 unspecified atom stereocenters. The summed E-state index contributed by atoms with van der Waals surface area (Å²) in [6.45, 7) is 4.96. The van der Waals surface area contributed by atoms with Crippen LogP contribution in [0.2, 0.25) is 0 Å². The van der Waals surface area contributed by atoms with E-state index in [4.69, 9.17) is 0 Å². The Morgan fingerprint density at radius 1 is 1.00 bits per heavy atom. The molecule has 0 saturated heterocycles. The van der Waals surface area contributed by atoms with Crippen molar-refractivity contribution < 1.29 is 23.4 Å². The summed E-state index contributed by atoms with van der Waals surface area (Å²) in [6.07, 6.45) is -2.15. The summed E-state index contributed by atoms with van der Waals surface area (Å²) in [5.74, 6) is -1.97. The SMILES string of the molecule is CCCCCC(C(F)(F)F)C(C)(C)c1cc(O)cc(O)c1. The average molecular weight is 304 g/mol. The number of rotatable bonds is 6. The number of phenolic OH excluding ortho intramolecular Hbond substituents is 2. The Kier molecular flexibility index (Phi) is 5.54. The topological polar surface area (TPSA) is 40.5 Å². The minimum atomic E-state index is -4.32. The van der Waals surface area contributed by atoms with Crippen molar-refractivity contribution in [3.05, 3.63) is 23.8 Å². The molecule has 1 rings (SSSR count). The summed E-state index contributed by atoms with van der Waals surface area (Å²) in [6, 6.07) is 3.69. The summed E-state index contributed by atoms with van der Waals surface area (Å²) in [4.78, 5) is 0. The number of benzene rings is 1. The van der Waals surface area contributed by atoms with Gasteiger partial charge in [-0.2, -0.15) is 13.2 Å². The molecular formula is C16H23F3O2. The van der Waals surface area contributed by atoms with E-state index in [-0.39, 0.29) is 17.9 Å². The molecule has 0 heterocycles. The molecule has 0 amide bonds. The molecule has 0 aromatic heterocycles. The van der Waals surface area contributed by atoms with Gasteiger partial charge in [-0.1, -0.05) is 40.0 Å². The highest BCUT2D eigenvalue weighted by molar-refractivity contribution is 5.40. The van der Waals surface area contributed by atoms with Crippen LogP contribution in [0.3, 0.4) is 0 Å². The third-order valence-electron chi connectivity index (χ3n) is 4.01. The summed E-state index contributed by atoms with van der Waals surface area (Å²) in [7, 11) is 0. The maximum Gasteiger partial charge on any atom is 0.392 e. The second kappa shape index (κ2) is 6.58. The molecule has 0 fully saturated rings. The Morgan fingerprint density at radius 2 is 1.52 bits per heavy atom. The van der Waals surface area contributed by atoms with E-state index >= 15 is 0 Å². The van der Waals surface area contributed by atoms with Gasteiger partial charge in [0.1, 0.15) is 11.5 Å². The predicted octanol–water partition coefficient (Wildman–Crippen LogP) is 5.13. The lowest BCUT2D eigenvalue weighted by Crippen LogP contribution is -2.39. The molecule has 5 heteroatoms. The minimum Gasteiger partial charge on any atom is -0.508 e. The predicted molar refractivity (Wildman–Crippen MR) is 76.5 cm³/mol. The van der Waals surface area contributed by atoms with Crippen LogP contribution in [0.1, 0.15) is 52.0 Å². The zero-order chi connectivity index (χ0) is 16.3.